The first-order valence-corrected chi connectivity index (χ1v) is 9.05. The van der Waals surface area contributed by atoms with Crippen LogP contribution in [-0.2, 0) is 19.4 Å². The number of para-hydroxylation sites is 1. The van der Waals surface area contributed by atoms with Gasteiger partial charge in [-0.05, 0) is 38.3 Å². The van der Waals surface area contributed by atoms with Gasteiger partial charge in [0.15, 0.2) is 15.4 Å². The van der Waals surface area contributed by atoms with Crippen LogP contribution < -0.4 is 5.32 Å². The standard InChI is InChI=1S/C15H21NO4S/c1-3-20-14(17)15(16-12-8-5-4-6-9-12)11-7-10-13(15)21(2,18)19/h4-6,8-9,13,16H,3,7,10-11H2,1-2H3. The van der Waals surface area contributed by atoms with Gasteiger partial charge in [0.25, 0.3) is 0 Å². The number of nitrogens with one attached hydrogen (secondary N) is 1. The average Bonchev–Trinajstić information content (AvgIpc) is 2.85. The second-order valence-corrected chi connectivity index (χ2v) is 7.62. The van der Waals surface area contributed by atoms with E-state index in [1.165, 1.54) is 6.26 Å². The summed E-state index contributed by atoms with van der Waals surface area (Å²) >= 11 is 0. The van der Waals surface area contributed by atoms with Crippen molar-refractivity contribution >= 4 is 21.5 Å². The van der Waals surface area contributed by atoms with E-state index in [9.17, 15) is 13.2 Å². The van der Waals surface area contributed by atoms with Crippen molar-refractivity contribution in [2.24, 2.45) is 0 Å². The number of benzene rings is 1. The monoisotopic (exact) mass is 311 g/mol. The molecule has 2 unspecified atom stereocenters. The first kappa shape index (κ1) is 15.8. The van der Waals surface area contributed by atoms with E-state index in [4.69, 9.17) is 4.74 Å². The van der Waals surface area contributed by atoms with Crippen LogP contribution in [-0.4, -0.2) is 38.0 Å². The number of rotatable bonds is 5. The Morgan fingerprint density at radius 3 is 2.62 bits per heavy atom. The molecule has 0 radical (unpaired) electrons. The molecule has 0 aromatic heterocycles. The van der Waals surface area contributed by atoms with Gasteiger partial charge >= 0.3 is 5.97 Å². The van der Waals surface area contributed by atoms with Crippen LogP contribution in [0.1, 0.15) is 26.2 Å². The van der Waals surface area contributed by atoms with Crippen LogP contribution in [0.5, 0.6) is 0 Å². The maximum atomic E-state index is 12.5. The van der Waals surface area contributed by atoms with Crippen molar-refractivity contribution < 1.29 is 17.9 Å². The number of ether oxygens (including phenoxy) is 1. The van der Waals surface area contributed by atoms with E-state index in [1.54, 1.807) is 6.92 Å². The van der Waals surface area contributed by atoms with Gasteiger partial charge in [0.2, 0.25) is 0 Å². The molecule has 0 bridgehead atoms. The summed E-state index contributed by atoms with van der Waals surface area (Å²) in [5.74, 6) is -0.484. The molecule has 0 amide bonds. The molecule has 0 heterocycles. The lowest BCUT2D eigenvalue weighted by atomic mass is 9.96. The molecule has 0 saturated heterocycles. The van der Waals surface area contributed by atoms with E-state index in [0.29, 0.717) is 19.3 Å². The van der Waals surface area contributed by atoms with Gasteiger partial charge in [-0.15, -0.1) is 0 Å². The minimum Gasteiger partial charge on any atom is -0.464 e. The highest BCUT2D eigenvalue weighted by molar-refractivity contribution is 7.91. The molecule has 1 fully saturated rings. The summed E-state index contributed by atoms with van der Waals surface area (Å²) in [6.07, 6.45) is 2.79. The first-order chi connectivity index (χ1) is 9.90. The van der Waals surface area contributed by atoms with Crippen molar-refractivity contribution in [1.29, 1.82) is 0 Å². The van der Waals surface area contributed by atoms with Crippen LogP contribution in [0.25, 0.3) is 0 Å². The van der Waals surface area contributed by atoms with Gasteiger partial charge in [0, 0.05) is 11.9 Å². The second-order valence-electron chi connectivity index (χ2n) is 5.39. The second kappa shape index (κ2) is 6.05. The third kappa shape index (κ3) is 3.20. The van der Waals surface area contributed by atoms with Crippen LogP contribution in [0.3, 0.4) is 0 Å². The number of anilines is 1. The lowest BCUT2D eigenvalue weighted by molar-refractivity contribution is -0.148. The molecule has 2 rings (SSSR count). The van der Waals surface area contributed by atoms with Gasteiger partial charge in [-0.1, -0.05) is 18.2 Å². The summed E-state index contributed by atoms with van der Waals surface area (Å²) in [6.45, 7) is 1.95. The Morgan fingerprint density at radius 2 is 2.05 bits per heavy atom. The number of hydrogen-bond acceptors (Lipinski definition) is 5. The van der Waals surface area contributed by atoms with Crippen molar-refractivity contribution in [3.63, 3.8) is 0 Å². The van der Waals surface area contributed by atoms with Gasteiger partial charge in [-0.25, -0.2) is 13.2 Å². The molecule has 2 atom stereocenters. The fraction of sp³-hybridized carbons (Fsp3) is 0.533. The Morgan fingerprint density at radius 1 is 1.38 bits per heavy atom. The number of esters is 1. The Balaban J connectivity index is 2.42. The Kier molecular flexibility index (Phi) is 4.56. The van der Waals surface area contributed by atoms with Crippen molar-refractivity contribution in [2.75, 3.05) is 18.2 Å². The molecule has 1 N–H and O–H groups in total. The zero-order valence-electron chi connectivity index (χ0n) is 12.3. The number of carbonyl (C=O) groups is 1. The van der Waals surface area contributed by atoms with Crippen LogP contribution >= 0.6 is 0 Å². The maximum absolute atomic E-state index is 12.5. The highest BCUT2D eigenvalue weighted by atomic mass is 32.2. The van der Waals surface area contributed by atoms with Crippen LogP contribution in [0, 0.1) is 0 Å². The van der Waals surface area contributed by atoms with E-state index >= 15 is 0 Å². The van der Waals surface area contributed by atoms with Crippen LogP contribution in [0.4, 0.5) is 5.69 Å². The molecule has 1 aliphatic rings. The third-order valence-electron chi connectivity index (χ3n) is 3.88. The summed E-state index contributed by atoms with van der Waals surface area (Å²) in [6, 6.07) is 9.18. The van der Waals surface area contributed by atoms with Crippen LogP contribution in [0.2, 0.25) is 0 Å². The SMILES string of the molecule is CCOC(=O)C1(Nc2ccccc2)CCCC1S(C)(=O)=O. The average molecular weight is 311 g/mol. The van der Waals surface area contributed by atoms with E-state index in [2.05, 4.69) is 5.32 Å². The quantitative estimate of drug-likeness (QED) is 0.842. The number of hydrogen-bond donors (Lipinski definition) is 1. The van der Waals surface area contributed by atoms with Crippen LogP contribution in [0.15, 0.2) is 30.3 Å². The highest BCUT2D eigenvalue weighted by Gasteiger charge is 2.54. The predicted molar refractivity (Wildman–Crippen MR) is 81.9 cm³/mol. The fourth-order valence-electron chi connectivity index (χ4n) is 3.02. The summed E-state index contributed by atoms with van der Waals surface area (Å²) in [5, 5.41) is 2.38. The zero-order valence-corrected chi connectivity index (χ0v) is 13.2. The predicted octanol–water partition coefficient (Wildman–Crippen LogP) is 2.00. The first-order valence-electron chi connectivity index (χ1n) is 7.09. The Bertz CT molecular complexity index is 599. The van der Waals surface area contributed by atoms with E-state index in [1.807, 2.05) is 30.3 Å². The molecule has 5 nitrogen and oxygen atoms in total. The van der Waals surface area contributed by atoms with E-state index < -0.39 is 26.6 Å². The molecule has 6 heteroatoms. The smallest absolute Gasteiger partial charge is 0.333 e. The Labute approximate surface area is 125 Å². The third-order valence-corrected chi connectivity index (χ3v) is 5.56. The van der Waals surface area contributed by atoms with Crippen molar-refractivity contribution in [3.05, 3.63) is 30.3 Å². The van der Waals surface area contributed by atoms with Crippen molar-refractivity contribution in [1.82, 2.24) is 0 Å². The van der Waals surface area contributed by atoms with Gasteiger partial charge < -0.3 is 10.1 Å². The molecule has 21 heavy (non-hydrogen) atoms. The molecule has 1 saturated carbocycles. The van der Waals surface area contributed by atoms with Gasteiger partial charge in [-0.2, -0.15) is 0 Å². The minimum absolute atomic E-state index is 0.230. The summed E-state index contributed by atoms with van der Waals surface area (Å²) in [4.78, 5) is 12.5. The Hall–Kier alpha value is -1.56. The van der Waals surface area contributed by atoms with Gasteiger partial charge in [-0.3, -0.25) is 0 Å². The zero-order chi connectivity index (χ0) is 15.5. The fourth-order valence-corrected chi connectivity index (χ4v) is 4.62. The summed E-state index contributed by atoms with van der Waals surface area (Å²) in [7, 11) is -3.36. The van der Waals surface area contributed by atoms with Crippen molar-refractivity contribution in [3.8, 4) is 0 Å². The molecule has 0 spiro atoms. The van der Waals surface area contributed by atoms with Gasteiger partial charge in [0.05, 0.1) is 11.9 Å². The normalized spacial score (nSPS) is 25.5. The maximum Gasteiger partial charge on any atom is 0.333 e. The molecule has 1 aromatic rings. The molecule has 116 valence electrons. The molecule has 1 aliphatic carbocycles. The summed E-state index contributed by atoms with van der Waals surface area (Å²) in [5.41, 5.74) is -0.466. The van der Waals surface area contributed by atoms with Gasteiger partial charge in [0.1, 0.15) is 0 Å². The highest BCUT2D eigenvalue weighted by Crippen LogP contribution is 2.38. The lowest BCUT2D eigenvalue weighted by Crippen LogP contribution is -2.55. The van der Waals surface area contributed by atoms with Crippen molar-refractivity contribution in [2.45, 2.75) is 37.0 Å². The number of sulfone groups is 1. The van der Waals surface area contributed by atoms with E-state index in [0.717, 1.165) is 5.69 Å². The molecule has 0 aliphatic heterocycles. The van der Waals surface area contributed by atoms with E-state index in [-0.39, 0.29) is 6.61 Å². The largest absolute Gasteiger partial charge is 0.464 e. The topological polar surface area (TPSA) is 72.5 Å². The molecular weight excluding hydrogens is 290 g/mol. The molecule has 1 aromatic carbocycles. The minimum atomic E-state index is -3.36. The molecular formula is C15H21NO4S. The number of carbonyl (C=O) groups excluding carboxylic acids is 1. The lowest BCUT2D eigenvalue weighted by Gasteiger charge is -2.34. The summed E-state index contributed by atoms with van der Waals surface area (Å²) < 4.78 is 29.4.